The molecule has 0 aliphatic heterocycles. The van der Waals surface area contributed by atoms with Gasteiger partial charge in [-0.1, -0.05) is 24.3 Å². The highest BCUT2D eigenvalue weighted by Gasteiger charge is 2.11. The number of fused-ring (bicyclic) bond motifs is 1. The fourth-order valence-corrected chi connectivity index (χ4v) is 2.51. The van der Waals surface area contributed by atoms with Crippen LogP contribution in [0.25, 0.3) is 5.65 Å². The van der Waals surface area contributed by atoms with Crippen LogP contribution in [0.15, 0.2) is 30.3 Å². The zero-order valence-corrected chi connectivity index (χ0v) is 11.7. The largest absolute Gasteiger partial charge is 0.326 e. The third-order valence-electron chi connectivity index (χ3n) is 3.44. The number of aryl methyl sites for hydroxylation is 2. The Labute approximate surface area is 117 Å². The molecule has 5 heteroatoms. The van der Waals surface area contributed by atoms with Crippen LogP contribution >= 0.6 is 0 Å². The lowest BCUT2D eigenvalue weighted by Gasteiger charge is -2.07. The van der Waals surface area contributed by atoms with Crippen LogP contribution in [0.2, 0.25) is 0 Å². The number of hydrogen-bond donors (Lipinski definition) is 1. The first kappa shape index (κ1) is 12.7. The second-order valence-electron chi connectivity index (χ2n) is 4.90. The maximum absolute atomic E-state index is 5.79. The zero-order chi connectivity index (χ0) is 14.1. The fraction of sp³-hybridized carbons (Fsp3) is 0.267. The predicted octanol–water partition coefficient (Wildman–Crippen LogP) is 1.79. The van der Waals surface area contributed by atoms with Crippen LogP contribution in [0.3, 0.4) is 0 Å². The molecule has 0 spiro atoms. The van der Waals surface area contributed by atoms with Crippen LogP contribution in [-0.2, 0) is 13.0 Å². The summed E-state index contributed by atoms with van der Waals surface area (Å²) in [5.74, 6) is 1.80. The number of nitrogens with zero attached hydrogens (tertiary/aromatic N) is 4. The minimum absolute atomic E-state index is 0.531. The molecule has 0 aliphatic carbocycles. The molecular weight excluding hydrogens is 250 g/mol. The monoisotopic (exact) mass is 267 g/mol. The van der Waals surface area contributed by atoms with Crippen LogP contribution in [0, 0.1) is 13.8 Å². The Balaban J connectivity index is 2.07. The normalized spacial score (nSPS) is 11.2. The Morgan fingerprint density at radius 3 is 2.60 bits per heavy atom. The molecule has 2 aromatic heterocycles. The van der Waals surface area contributed by atoms with E-state index in [1.54, 1.807) is 0 Å². The molecule has 0 saturated heterocycles. The lowest BCUT2D eigenvalue weighted by Crippen LogP contribution is -2.06. The number of aromatic nitrogens is 4. The molecule has 20 heavy (non-hydrogen) atoms. The summed E-state index contributed by atoms with van der Waals surface area (Å²) in [6.07, 6.45) is 0.708. The predicted molar refractivity (Wildman–Crippen MR) is 77.4 cm³/mol. The summed E-state index contributed by atoms with van der Waals surface area (Å²) in [6.45, 7) is 4.47. The van der Waals surface area contributed by atoms with Gasteiger partial charge in [-0.05, 0) is 25.0 Å². The minimum atomic E-state index is 0.531. The fourth-order valence-electron chi connectivity index (χ4n) is 2.51. The van der Waals surface area contributed by atoms with Gasteiger partial charge in [-0.2, -0.15) is 0 Å². The van der Waals surface area contributed by atoms with Gasteiger partial charge < -0.3 is 5.73 Å². The van der Waals surface area contributed by atoms with Crippen LogP contribution in [0.5, 0.6) is 0 Å². The SMILES string of the molecule is Cc1cc2nnc(Cc3ccccc3CN)n2c(C)n1. The molecule has 0 atom stereocenters. The number of hydrogen-bond acceptors (Lipinski definition) is 4. The van der Waals surface area contributed by atoms with Crippen molar-refractivity contribution in [1.29, 1.82) is 0 Å². The molecule has 0 unspecified atom stereocenters. The van der Waals surface area contributed by atoms with E-state index >= 15 is 0 Å². The molecule has 0 fully saturated rings. The average Bonchev–Trinajstić information content (AvgIpc) is 2.82. The van der Waals surface area contributed by atoms with E-state index in [2.05, 4.69) is 21.2 Å². The quantitative estimate of drug-likeness (QED) is 0.785. The summed E-state index contributed by atoms with van der Waals surface area (Å²) < 4.78 is 2.00. The van der Waals surface area contributed by atoms with Crippen molar-refractivity contribution in [1.82, 2.24) is 19.6 Å². The molecule has 5 nitrogen and oxygen atoms in total. The number of rotatable bonds is 3. The van der Waals surface area contributed by atoms with Gasteiger partial charge >= 0.3 is 0 Å². The van der Waals surface area contributed by atoms with Gasteiger partial charge in [0.2, 0.25) is 0 Å². The van der Waals surface area contributed by atoms with Gasteiger partial charge in [0.25, 0.3) is 0 Å². The summed E-state index contributed by atoms with van der Waals surface area (Å²) in [5, 5.41) is 8.53. The third-order valence-corrected chi connectivity index (χ3v) is 3.44. The summed E-state index contributed by atoms with van der Waals surface area (Å²) in [5.41, 5.74) is 9.91. The van der Waals surface area contributed by atoms with Crippen molar-refractivity contribution in [3.63, 3.8) is 0 Å². The molecule has 0 bridgehead atoms. The van der Waals surface area contributed by atoms with E-state index in [4.69, 9.17) is 5.73 Å². The summed E-state index contributed by atoms with van der Waals surface area (Å²) in [7, 11) is 0. The van der Waals surface area contributed by atoms with E-state index in [9.17, 15) is 0 Å². The van der Waals surface area contributed by atoms with Crippen molar-refractivity contribution in [3.8, 4) is 0 Å². The third kappa shape index (κ3) is 2.16. The second-order valence-corrected chi connectivity index (χ2v) is 4.90. The number of nitrogens with two attached hydrogens (primary N) is 1. The Morgan fingerprint density at radius 1 is 1.10 bits per heavy atom. The molecular formula is C15H17N5. The summed E-state index contributed by atoms with van der Waals surface area (Å²) in [4.78, 5) is 4.48. The van der Waals surface area contributed by atoms with Crippen LogP contribution in [0.4, 0.5) is 0 Å². The topological polar surface area (TPSA) is 69.1 Å². The Hall–Kier alpha value is -2.27. The van der Waals surface area contributed by atoms with Gasteiger partial charge in [0.1, 0.15) is 11.6 Å². The van der Waals surface area contributed by atoms with Crippen molar-refractivity contribution < 1.29 is 0 Å². The second kappa shape index (κ2) is 5.02. The molecule has 2 heterocycles. The minimum Gasteiger partial charge on any atom is -0.326 e. The zero-order valence-electron chi connectivity index (χ0n) is 11.7. The Morgan fingerprint density at radius 2 is 1.85 bits per heavy atom. The molecule has 1 aromatic carbocycles. The smallest absolute Gasteiger partial charge is 0.164 e. The molecule has 0 aliphatic rings. The van der Waals surface area contributed by atoms with Crippen molar-refractivity contribution in [3.05, 3.63) is 58.8 Å². The maximum Gasteiger partial charge on any atom is 0.164 e. The molecule has 2 N–H and O–H groups in total. The van der Waals surface area contributed by atoms with E-state index in [0.717, 1.165) is 28.6 Å². The lowest BCUT2D eigenvalue weighted by atomic mass is 10.0. The van der Waals surface area contributed by atoms with Gasteiger partial charge in [0.15, 0.2) is 5.65 Å². The molecule has 102 valence electrons. The summed E-state index contributed by atoms with van der Waals surface area (Å²) >= 11 is 0. The molecule has 3 rings (SSSR count). The van der Waals surface area contributed by atoms with Crippen molar-refractivity contribution in [2.75, 3.05) is 0 Å². The molecule has 3 aromatic rings. The lowest BCUT2D eigenvalue weighted by molar-refractivity contribution is 0.867. The Kier molecular flexibility index (Phi) is 3.20. The van der Waals surface area contributed by atoms with Crippen LogP contribution < -0.4 is 5.73 Å². The van der Waals surface area contributed by atoms with E-state index in [1.165, 1.54) is 5.56 Å². The maximum atomic E-state index is 5.79. The van der Waals surface area contributed by atoms with Gasteiger partial charge in [-0.15, -0.1) is 10.2 Å². The highest BCUT2D eigenvalue weighted by atomic mass is 15.3. The highest BCUT2D eigenvalue weighted by Crippen LogP contribution is 2.15. The van der Waals surface area contributed by atoms with Gasteiger partial charge in [0.05, 0.1) is 0 Å². The first-order chi connectivity index (χ1) is 9.69. The van der Waals surface area contributed by atoms with E-state index in [-0.39, 0.29) is 0 Å². The first-order valence-electron chi connectivity index (χ1n) is 6.64. The average molecular weight is 267 g/mol. The van der Waals surface area contributed by atoms with Crippen LogP contribution in [0.1, 0.15) is 28.5 Å². The van der Waals surface area contributed by atoms with Gasteiger partial charge in [0, 0.05) is 24.7 Å². The van der Waals surface area contributed by atoms with E-state index < -0.39 is 0 Å². The van der Waals surface area contributed by atoms with E-state index in [0.29, 0.717) is 13.0 Å². The Bertz CT molecular complexity index is 760. The highest BCUT2D eigenvalue weighted by molar-refractivity contribution is 5.41. The number of benzene rings is 1. The summed E-state index contributed by atoms with van der Waals surface area (Å²) in [6, 6.07) is 10.1. The van der Waals surface area contributed by atoms with E-state index in [1.807, 2.05) is 42.5 Å². The molecule has 0 radical (unpaired) electrons. The van der Waals surface area contributed by atoms with Gasteiger partial charge in [-0.3, -0.25) is 4.40 Å². The molecule has 0 saturated carbocycles. The van der Waals surface area contributed by atoms with Crippen LogP contribution in [-0.4, -0.2) is 19.6 Å². The molecule has 0 amide bonds. The first-order valence-corrected chi connectivity index (χ1v) is 6.64. The standard InChI is InChI=1S/C15H17N5/c1-10-7-14-18-19-15(20(14)11(2)17-10)8-12-5-3-4-6-13(12)9-16/h3-7H,8-9,16H2,1-2H3. The van der Waals surface area contributed by atoms with Crippen molar-refractivity contribution >= 4 is 5.65 Å². The van der Waals surface area contributed by atoms with Crippen molar-refractivity contribution in [2.45, 2.75) is 26.8 Å². The van der Waals surface area contributed by atoms with Gasteiger partial charge in [-0.25, -0.2) is 4.98 Å². The van der Waals surface area contributed by atoms with Crippen molar-refractivity contribution in [2.24, 2.45) is 5.73 Å².